The molecule has 0 radical (unpaired) electrons. The highest BCUT2D eigenvalue weighted by Crippen LogP contribution is 2.43. The summed E-state index contributed by atoms with van der Waals surface area (Å²) >= 11 is 6.06. The lowest BCUT2D eigenvalue weighted by atomic mass is 9.64. The van der Waals surface area contributed by atoms with Gasteiger partial charge in [0.05, 0.1) is 13.2 Å². The van der Waals surface area contributed by atoms with E-state index in [1.165, 1.54) is 24.8 Å². The van der Waals surface area contributed by atoms with E-state index in [2.05, 4.69) is 29.7 Å². The second-order valence-corrected chi connectivity index (χ2v) is 8.40. The zero-order valence-electron chi connectivity index (χ0n) is 16.7. The van der Waals surface area contributed by atoms with Gasteiger partial charge in [-0.25, -0.2) is 0 Å². The molecule has 0 spiro atoms. The smallest absolute Gasteiger partial charge is 0.191 e. The minimum absolute atomic E-state index is 0. The molecular weight excluding hydrogens is 489 g/mol. The molecule has 1 saturated heterocycles. The summed E-state index contributed by atoms with van der Waals surface area (Å²) in [6.45, 7) is 6.08. The van der Waals surface area contributed by atoms with Crippen molar-refractivity contribution in [3.8, 4) is 0 Å². The molecule has 0 aromatic heterocycles. The van der Waals surface area contributed by atoms with Gasteiger partial charge in [0, 0.05) is 42.2 Å². The van der Waals surface area contributed by atoms with E-state index in [0.29, 0.717) is 13.2 Å². The molecule has 2 aliphatic rings. The van der Waals surface area contributed by atoms with Crippen molar-refractivity contribution in [3.05, 3.63) is 34.9 Å². The predicted molar refractivity (Wildman–Crippen MR) is 126 cm³/mol. The predicted octanol–water partition coefficient (Wildman–Crippen LogP) is 3.72. The summed E-state index contributed by atoms with van der Waals surface area (Å²) in [6.07, 6.45) is 5.33. The first-order valence-electron chi connectivity index (χ1n) is 10.1. The quantitative estimate of drug-likeness (QED) is 0.277. The summed E-state index contributed by atoms with van der Waals surface area (Å²) in [4.78, 5) is 4.84. The molecule has 1 aliphatic carbocycles. The summed E-state index contributed by atoms with van der Waals surface area (Å²) in [5.41, 5.74) is 1.49. The summed E-state index contributed by atoms with van der Waals surface area (Å²) in [5.74, 6) is 0.849. The number of hydrogen-bond donors (Lipinski definition) is 3. The third kappa shape index (κ3) is 5.74. The van der Waals surface area contributed by atoms with Gasteiger partial charge in [0.25, 0.3) is 0 Å². The van der Waals surface area contributed by atoms with Crippen LogP contribution in [0.1, 0.15) is 44.6 Å². The van der Waals surface area contributed by atoms with Crippen molar-refractivity contribution in [2.24, 2.45) is 10.4 Å². The third-order valence-corrected chi connectivity index (χ3v) is 6.36. The number of halogens is 2. The fraction of sp³-hybridized carbons (Fsp3) is 0.667. The maximum Gasteiger partial charge on any atom is 0.191 e. The number of ether oxygens (including phenoxy) is 1. The topological polar surface area (TPSA) is 65.9 Å². The minimum Gasteiger partial charge on any atom is -0.396 e. The van der Waals surface area contributed by atoms with Gasteiger partial charge in [-0.15, -0.1) is 24.0 Å². The van der Waals surface area contributed by atoms with Crippen LogP contribution in [0.2, 0.25) is 5.02 Å². The molecule has 2 fully saturated rings. The molecule has 3 N–H and O–H groups in total. The van der Waals surface area contributed by atoms with Crippen LogP contribution in [0.5, 0.6) is 0 Å². The Balaban J connectivity index is 0.00000280. The SMILES string of the molecule is CCNC(=NCC1(CCO)CCOC1)NCC1(c2ccc(Cl)cc2)CCC1.I. The van der Waals surface area contributed by atoms with Crippen LogP contribution >= 0.6 is 35.6 Å². The number of benzene rings is 1. The van der Waals surface area contributed by atoms with Crippen molar-refractivity contribution in [2.75, 3.05) is 39.5 Å². The Hall–Kier alpha value is -0.570. The van der Waals surface area contributed by atoms with Crippen molar-refractivity contribution in [1.82, 2.24) is 10.6 Å². The molecule has 1 unspecified atom stereocenters. The summed E-state index contributed by atoms with van der Waals surface area (Å²) < 4.78 is 5.58. The van der Waals surface area contributed by atoms with Crippen molar-refractivity contribution in [3.63, 3.8) is 0 Å². The number of nitrogens with one attached hydrogen (secondary N) is 2. The van der Waals surface area contributed by atoms with Gasteiger partial charge in [0.1, 0.15) is 0 Å². The Morgan fingerprint density at radius 3 is 2.50 bits per heavy atom. The lowest BCUT2D eigenvalue weighted by Gasteiger charge is -2.43. The number of aliphatic imine (C=N–C) groups is 1. The Bertz CT molecular complexity index is 629. The lowest BCUT2D eigenvalue weighted by molar-refractivity contribution is 0.131. The van der Waals surface area contributed by atoms with E-state index in [4.69, 9.17) is 21.3 Å². The molecule has 1 aliphatic heterocycles. The normalized spacial score (nSPS) is 23.6. The Morgan fingerprint density at radius 1 is 1.21 bits per heavy atom. The number of nitrogens with zero attached hydrogens (tertiary/aromatic N) is 1. The van der Waals surface area contributed by atoms with Crippen LogP contribution in [-0.4, -0.2) is 50.5 Å². The van der Waals surface area contributed by atoms with Crippen molar-refractivity contribution >= 4 is 41.5 Å². The van der Waals surface area contributed by atoms with Gasteiger partial charge >= 0.3 is 0 Å². The molecule has 1 atom stereocenters. The van der Waals surface area contributed by atoms with Gasteiger partial charge in [-0.2, -0.15) is 0 Å². The third-order valence-electron chi connectivity index (χ3n) is 6.11. The average molecular weight is 522 g/mol. The van der Waals surface area contributed by atoms with Gasteiger partial charge in [-0.05, 0) is 50.3 Å². The summed E-state index contributed by atoms with van der Waals surface area (Å²) in [5, 5.41) is 17.1. The number of aliphatic hydroxyl groups is 1. The Kier molecular flexibility index (Phi) is 9.31. The van der Waals surface area contributed by atoms with E-state index in [9.17, 15) is 5.11 Å². The van der Waals surface area contributed by atoms with Crippen molar-refractivity contribution in [1.29, 1.82) is 0 Å². The van der Waals surface area contributed by atoms with E-state index in [-0.39, 0.29) is 41.4 Å². The zero-order chi connectivity index (χ0) is 19.2. The molecule has 1 aromatic rings. The van der Waals surface area contributed by atoms with E-state index in [1.807, 2.05) is 12.1 Å². The standard InChI is InChI=1S/C21H32ClN3O2.HI/c1-2-23-19(24-14-20(10-12-26)11-13-27-16-20)25-15-21(8-3-9-21)17-4-6-18(22)7-5-17;/h4-7,26H,2-3,8-16H2,1H3,(H2,23,24,25);1H. The van der Waals surface area contributed by atoms with Crippen LogP contribution in [0.3, 0.4) is 0 Å². The van der Waals surface area contributed by atoms with Crippen LogP contribution in [0.15, 0.2) is 29.3 Å². The van der Waals surface area contributed by atoms with E-state index >= 15 is 0 Å². The summed E-state index contributed by atoms with van der Waals surface area (Å²) in [7, 11) is 0. The van der Waals surface area contributed by atoms with Gasteiger partial charge in [-0.1, -0.05) is 30.2 Å². The molecule has 1 heterocycles. The molecule has 7 heteroatoms. The molecule has 1 saturated carbocycles. The first-order valence-corrected chi connectivity index (χ1v) is 10.5. The second-order valence-electron chi connectivity index (χ2n) is 7.97. The van der Waals surface area contributed by atoms with Crippen LogP contribution in [0.4, 0.5) is 0 Å². The largest absolute Gasteiger partial charge is 0.396 e. The fourth-order valence-electron chi connectivity index (χ4n) is 4.10. The van der Waals surface area contributed by atoms with Gasteiger partial charge in [0.15, 0.2) is 5.96 Å². The minimum atomic E-state index is -0.0264. The molecule has 28 heavy (non-hydrogen) atoms. The first-order chi connectivity index (χ1) is 13.1. The molecular formula is C21H33ClIN3O2. The highest BCUT2D eigenvalue weighted by molar-refractivity contribution is 14.0. The average Bonchev–Trinajstić information content (AvgIpc) is 3.09. The maximum absolute atomic E-state index is 9.41. The van der Waals surface area contributed by atoms with Crippen LogP contribution < -0.4 is 10.6 Å². The van der Waals surface area contributed by atoms with Gasteiger partial charge < -0.3 is 20.5 Å². The molecule has 0 bridgehead atoms. The fourth-order valence-corrected chi connectivity index (χ4v) is 4.23. The molecule has 5 nitrogen and oxygen atoms in total. The molecule has 158 valence electrons. The Morgan fingerprint density at radius 2 is 1.96 bits per heavy atom. The maximum atomic E-state index is 9.41. The summed E-state index contributed by atoms with van der Waals surface area (Å²) in [6, 6.07) is 8.27. The highest BCUT2D eigenvalue weighted by Gasteiger charge is 2.39. The van der Waals surface area contributed by atoms with E-state index in [0.717, 1.165) is 43.5 Å². The van der Waals surface area contributed by atoms with Crippen molar-refractivity contribution < 1.29 is 9.84 Å². The second kappa shape index (κ2) is 11.0. The Labute approximate surface area is 190 Å². The molecule has 0 amide bonds. The number of guanidine groups is 1. The number of aliphatic hydroxyl groups excluding tert-OH is 1. The lowest BCUT2D eigenvalue weighted by Crippen LogP contribution is -2.49. The van der Waals surface area contributed by atoms with Crippen LogP contribution in [0, 0.1) is 5.41 Å². The van der Waals surface area contributed by atoms with Crippen molar-refractivity contribution in [2.45, 2.75) is 44.4 Å². The van der Waals surface area contributed by atoms with E-state index < -0.39 is 0 Å². The van der Waals surface area contributed by atoms with Crippen LogP contribution in [0.25, 0.3) is 0 Å². The molecule has 1 aromatic carbocycles. The van der Waals surface area contributed by atoms with Crippen LogP contribution in [-0.2, 0) is 10.2 Å². The van der Waals surface area contributed by atoms with Gasteiger partial charge in [-0.3, -0.25) is 4.99 Å². The monoisotopic (exact) mass is 521 g/mol. The van der Waals surface area contributed by atoms with Gasteiger partial charge in [0.2, 0.25) is 0 Å². The van der Waals surface area contributed by atoms with E-state index in [1.54, 1.807) is 0 Å². The number of rotatable bonds is 8. The number of hydrogen-bond acceptors (Lipinski definition) is 3. The zero-order valence-corrected chi connectivity index (χ0v) is 19.8. The molecule has 3 rings (SSSR count). The highest BCUT2D eigenvalue weighted by atomic mass is 127. The first kappa shape index (κ1) is 23.7.